The molecule has 98 valence electrons. The van der Waals surface area contributed by atoms with Gasteiger partial charge in [0.2, 0.25) is 0 Å². The van der Waals surface area contributed by atoms with Crippen molar-refractivity contribution in [2.45, 2.75) is 11.6 Å². The predicted molar refractivity (Wildman–Crippen MR) is 66.9 cm³/mol. The van der Waals surface area contributed by atoms with Gasteiger partial charge in [-0.1, -0.05) is 36.4 Å². The van der Waals surface area contributed by atoms with Gasteiger partial charge in [0.15, 0.2) is 6.10 Å². The van der Waals surface area contributed by atoms with Gasteiger partial charge in [0.25, 0.3) is 0 Å². The molecular formula is C13H11NO5. The largest absolute Gasteiger partial charge is 0.476 e. The van der Waals surface area contributed by atoms with Crippen molar-refractivity contribution in [3.05, 3.63) is 64.2 Å². The molecule has 1 aliphatic rings. The molecule has 0 bridgehead atoms. The van der Waals surface area contributed by atoms with Crippen LogP contribution in [-0.4, -0.2) is 32.7 Å². The first-order valence-corrected chi connectivity index (χ1v) is 5.51. The minimum atomic E-state index is -2.52. The van der Waals surface area contributed by atoms with E-state index in [2.05, 4.69) is 0 Å². The van der Waals surface area contributed by atoms with Crippen LogP contribution in [0.25, 0.3) is 5.57 Å². The summed E-state index contributed by atoms with van der Waals surface area (Å²) in [6, 6.07) is 8.91. The number of carboxylic acids is 1. The lowest BCUT2D eigenvalue weighted by molar-refractivity contribution is -0.550. The fourth-order valence-electron chi connectivity index (χ4n) is 1.94. The maximum atomic E-state index is 11.1. The summed E-state index contributed by atoms with van der Waals surface area (Å²) in [5.74, 6) is -1.69. The van der Waals surface area contributed by atoms with Crippen molar-refractivity contribution in [3.63, 3.8) is 0 Å². The van der Waals surface area contributed by atoms with Crippen LogP contribution in [0.1, 0.15) is 5.56 Å². The topological polar surface area (TPSA) is 101 Å². The number of nitrogens with zero attached hydrogens (tertiary/aromatic N) is 1. The van der Waals surface area contributed by atoms with Gasteiger partial charge in [-0.05, 0) is 17.2 Å². The fourth-order valence-corrected chi connectivity index (χ4v) is 1.94. The molecule has 2 atom stereocenters. The lowest BCUT2D eigenvalue weighted by Gasteiger charge is -2.24. The normalized spacial score (nSPS) is 25.7. The van der Waals surface area contributed by atoms with Crippen LogP contribution in [0, 0.1) is 10.1 Å². The van der Waals surface area contributed by atoms with Crippen LogP contribution in [0.2, 0.25) is 0 Å². The average molecular weight is 261 g/mol. The van der Waals surface area contributed by atoms with E-state index in [0.717, 1.165) is 11.6 Å². The number of carbonyl (C=O) groups is 1. The summed E-state index contributed by atoms with van der Waals surface area (Å²) in [6.45, 7) is 0. The van der Waals surface area contributed by atoms with Crippen molar-refractivity contribution in [2.24, 2.45) is 0 Å². The third kappa shape index (κ3) is 2.02. The molecule has 0 spiro atoms. The summed E-state index contributed by atoms with van der Waals surface area (Å²) in [6.07, 6.45) is 1.73. The lowest BCUT2D eigenvalue weighted by Crippen LogP contribution is -2.54. The smallest absolute Gasteiger partial charge is 0.390 e. The highest BCUT2D eigenvalue weighted by atomic mass is 16.6. The third-order valence-electron chi connectivity index (χ3n) is 3.06. The second-order valence-corrected chi connectivity index (χ2v) is 4.15. The van der Waals surface area contributed by atoms with Gasteiger partial charge in [-0.15, -0.1) is 0 Å². The van der Waals surface area contributed by atoms with Crippen LogP contribution in [0.4, 0.5) is 0 Å². The Kier molecular flexibility index (Phi) is 3.18. The minimum absolute atomic E-state index is 0.548. The summed E-state index contributed by atoms with van der Waals surface area (Å²) < 4.78 is 0. The van der Waals surface area contributed by atoms with E-state index in [9.17, 15) is 20.0 Å². The lowest BCUT2D eigenvalue weighted by atomic mass is 9.85. The van der Waals surface area contributed by atoms with E-state index in [0.29, 0.717) is 5.57 Å². The quantitative estimate of drug-likeness (QED) is 0.626. The highest BCUT2D eigenvalue weighted by molar-refractivity contribution is 5.86. The first-order valence-electron chi connectivity index (χ1n) is 5.51. The number of carboxylic acid groups (broad SMARTS) is 1. The first kappa shape index (κ1) is 13.0. The molecule has 0 amide bonds. The Labute approximate surface area is 108 Å². The summed E-state index contributed by atoms with van der Waals surface area (Å²) in [4.78, 5) is 21.1. The van der Waals surface area contributed by atoms with Crippen molar-refractivity contribution in [2.75, 3.05) is 0 Å². The van der Waals surface area contributed by atoms with Crippen LogP contribution in [0.5, 0.6) is 0 Å². The van der Waals surface area contributed by atoms with E-state index < -0.39 is 22.5 Å². The SMILES string of the molecule is O=C(O)C1([N+](=O)[O-])C=CC(c2ccccc2)=CC1O. The molecule has 0 radical (unpaired) electrons. The van der Waals surface area contributed by atoms with Gasteiger partial charge in [0.1, 0.15) is 0 Å². The molecule has 6 heteroatoms. The van der Waals surface area contributed by atoms with Gasteiger partial charge in [-0.3, -0.25) is 10.1 Å². The molecule has 0 aliphatic heterocycles. The molecule has 0 saturated heterocycles. The Hall–Kier alpha value is -2.47. The van der Waals surface area contributed by atoms with E-state index >= 15 is 0 Å². The summed E-state index contributed by atoms with van der Waals surface area (Å²) in [7, 11) is 0. The monoisotopic (exact) mass is 261 g/mol. The zero-order valence-corrected chi connectivity index (χ0v) is 9.76. The van der Waals surface area contributed by atoms with Crippen molar-refractivity contribution in [1.82, 2.24) is 0 Å². The molecule has 1 aromatic carbocycles. The highest BCUT2D eigenvalue weighted by Crippen LogP contribution is 2.29. The first-order chi connectivity index (χ1) is 8.98. The van der Waals surface area contributed by atoms with Gasteiger partial charge < -0.3 is 10.2 Å². The zero-order chi connectivity index (χ0) is 14.0. The second kappa shape index (κ2) is 4.66. The zero-order valence-electron chi connectivity index (χ0n) is 9.76. The Morgan fingerprint density at radius 2 is 1.95 bits per heavy atom. The Balaban J connectivity index is 2.42. The molecule has 6 nitrogen and oxygen atoms in total. The molecule has 0 fully saturated rings. The highest BCUT2D eigenvalue weighted by Gasteiger charge is 2.56. The van der Waals surface area contributed by atoms with Crippen molar-refractivity contribution in [3.8, 4) is 0 Å². The number of aliphatic hydroxyl groups is 1. The number of hydrogen-bond acceptors (Lipinski definition) is 4. The molecule has 2 rings (SSSR count). The van der Waals surface area contributed by atoms with Crippen molar-refractivity contribution < 1.29 is 19.9 Å². The molecule has 0 heterocycles. The van der Waals surface area contributed by atoms with Gasteiger partial charge in [0, 0.05) is 11.0 Å². The Morgan fingerprint density at radius 3 is 2.42 bits per heavy atom. The number of allylic oxidation sites excluding steroid dienone is 2. The Bertz CT molecular complexity index is 562. The summed E-state index contributed by atoms with van der Waals surface area (Å²) >= 11 is 0. The van der Waals surface area contributed by atoms with Gasteiger partial charge in [-0.25, -0.2) is 4.79 Å². The van der Waals surface area contributed by atoms with Crippen LogP contribution >= 0.6 is 0 Å². The minimum Gasteiger partial charge on any atom is -0.476 e. The molecule has 2 unspecified atom stereocenters. The van der Waals surface area contributed by atoms with Gasteiger partial charge >= 0.3 is 11.5 Å². The van der Waals surface area contributed by atoms with E-state index in [-0.39, 0.29) is 0 Å². The second-order valence-electron chi connectivity index (χ2n) is 4.15. The Morgan fingerprint density at radius 1 is 1.32 bits per heavy atom. The van der Waals surface area contributed by atoms with Crippen LogP contribution < -0.4 is 0 Å². The number of aliphatic carboxylic acids is 1. The third-order valence-corrected chi connectivity index (χ3v) is 3.06. The molecular weight excluding hydrogens is 250 g/mol. The number of rotatable bonds is 3. The van der Waals surface area contributed by atoms with Crippen LogP contribution in [-0.2, 0) is 4.79 Å². The predicted octanol–water partition coefficient (Wildman–Crippen LogP) is 1.10. The maximum Gasteiger partial charge on any atom is 0.390 e. The van der Waals surface area contributed by atoms with E-state index in [1.807, 2.05) is 6.07 Å². The van der Waals surface area contributed by atoms with Crippen molar-refractivity contribution in [1.29, 1.82) is 0 Å². The van der Waals surface area contributed by atoms with E-state index in [1.54, 1.807) is 24.3 Å². The van der Waals surface area contributed by atoms with Crippen LogP contribution in [0.3, 0.4) is 0 Å². The average Bonchev–Trinajstić information content (AvgIpc) is 2.39. The maximum absolute atomic E-state index is 11.1. The molecule has 1 aliphatic carbocycles. The number of hydrogen-bond donors (Lipinski definition) is 2. The molecule has 1 aromatic rings. The standard InChI is InChI=1S/C13H11NO5/c15-11-8-10(9-4-2-1-3-5-9)6-7-13(11,12(16)17)14(18)19/h1-8,11,15H,(H,16,17). The summed E-state index contributed by atoms with van der Waals surface area (Å²) in [5.41, 5.74) is -1.22. The van der Waals surface area contributed by atoms with Crippen LogP contribution in [0.15, 0.2) is 48.6 Å². The van der Waals surface area contributed by atoms with Gasteiger partial charge in [-0.2, -0.15) is 0 Å². The molecule has 19 heavy (non-hydrogen) atoms. The molecule has 0 saturated carbocycles. The van der Waals surface area contributed by atoms with E-state index in [1.165, 1.54) is 12.2 Å². The van der Waals surface area contributed by atoms with Gasteiger partial charge in [0.05, 0.1) is 0 Å². The van der Waals surface area contributed by atoms with E-state index in [4.69, 9.17) is 5.11 Å². The summed E-state index contributed by atoms with van der Waals surface area (Å²) in [5, 5.41) is 29.8. The number of nitro groups is 1. The molecule has 2 N–H and O–H groups in total. The fraction of sp³-hybridized carbons (Fsp3) is 0.154. The van der Waals surface area contributed by atoms with Crippen molar-refractivity contribution >= 4 is 11.5 Å². The molecule has 0 aromatic heterocycles. The number of aliphatic hydroxyl groups excluding tert-OH is 1. The number of benzene rings is 1.